The summed E-state index contributed by atoms with van der Waals surface area (Å²) in [5.74, 6) is 1.10. The molecule has 0 aromatic carbocycles. The number of alkyl halides is 1. The van der Waals surface area contributed by atoms with E-state index in [0.717, 1.165) is 12.2 Å². The molecule has 0 saturated heterocycles. The molecule has 9 heavy (non-hydrogen) atoms. The summed E-state index contributed by atoms with van der Waals surface area (Å²) >= 11 is 2.37. The van der Waals surface area contributed by atoms with Crippen molar-refractivity contribution in [3.8, 4) is 0 Å². The Balaban J connectivity index is 2.30. The molecule has 0 spiro atoms. The van der Waals surface area contributed by atoms with Crippen molar-refractivity contribution >= 4 is 22.6 Å². The SMILES string of the molecule is ICCCc1ccco1. The van der Waals surface area contributed by atoms with Gasteiger partial charge in [-0.3, -0.25) is 0 Å². The lowest BCUT2D eigenvalue weighted by Crippen LogP contribution is -1.80. The highest BCUT2D eigenvalue weighted by Crippen LogP contribution is 2.04. The Labute approximate surface area is 68.6 Å². The monoisotopic (exact) mass is 236 g/mol. The Bertz CT molecular complexity index is 146. The van der Waals surface area contributed by atoms with E-state index in [2.05, 4.69) is 22.6 Å². The second kappa shape index (κ2) is 3.93. The van der Waals surface area contributed by atoms with Gasteiger partial charge < -0.3 is 4.42 Å². The maximum atomic E-state index is 5.13. The van der Waals surface area contributed by atoms with E-state index in [1.54, 1.807) is 6.26 Å². The number of halogens is 1. The van der Waals surface area contributed by atoms with E-state index < -0.39 is 0 Å². The molecule has 1 rings (SSSR count). The summed E-state index contributed by atoms with van der Waals surface area (Å²) in [6.07, 6.45) is 4.02. The minimum Gasteiger partial charge on any atom is -0.469 e. The van der Waals surface area contributed by atoms with E-state index in [0.29, 0.717) is 0 Å². The van der Waals surface area contributed by atoms with Gasteiger partial charge in [-0.1, -0.05) is 22.6 Å². The molecule has 50 valence electrons. The summed E-state index contributed by atoms with van der Waals surface area (Å²) in [7, 11) is 0. The van der Waals surface area contributed by atoms with Crippen molar-refractivity contribution in [3.63, 3.8) is 0 Å². The zero-order chi connectivity index (χ0) is 6.53. The maximum Gasteiger partial charge on any atom is 0.103 e. The quantitative estimate of drug-likeness (QED) is 0.580. The number of rotatable bonds is 3. The Morgan fingerprint density at radius 2 is 2.44 bits per heavy atom. The normalized spacial score (nSPS) is 9.89. The van der Waals surface area contributed by atoms with Crippen LogP contribution in [0.25, 0.3) is 0 Å². The van der Waals surface area contributed by atoms with Crippen molar-refractivity contribution in [1.82, 2.24) is 0 Å². The summed E-state index contributed by atoms with van der Waals surface area (Å²) < 4.78 is 6.34. The third-order valence-electron chi connectivity index (χ3n) is 1.14. The first kappa shape index (κ1) is 7.12. The molecule has 0 bridgehead atoms. The molecular weight excluding hydrogens is 227 g/mol. The van der Waals surface area contributed by atoms with Crippen molar-refractivity contribution in [2.75, 3.05) is 4.43 Å². The third kappa shape index (κ3) is 2.39. The van der Waals surface area contributed by atoms with Crippen LogP contribution in [0, 0.1) is 0 Å². The molecule has 0 saturated carbocycles. The maximum absolute atomic E-state index is 5.13. The van der Waals surface area contributed by atoms with Gasteiger partial charge in [0, 0.05) is 6.42 Å². The first-order valence-electron chi connectivity index (χ1n) is 3.02. The van der Waals surface area contributed by atoms with Crippen LogP contribution < -0.4 is 0 Å². The fourth-order valence-electron chi connectivity index (χ4n) is 0.696. The average Bonchev–Trinajstić information content (AvgIpc) is 2.34. The smallest absolute Gasteiger partial charge is 0.103 e. The standard InChI is InChI=1S/C7H9IO/c8-5-1-3-7-4-2-6-9-7/h2,4,6H,1,3,5H2. The number of aryl methyl sites for hydroxylation is 1. The number of furan rings is 1. The summed E-state index contributed by atoms with van der Waals surface area (Å²) in [4.78, 5) is 0. The molecule has 0 aliphatic heterocycles. The van der Waals surface area contributed by atoms with Crippen molar-refractivity contribution in [2.24, 2.45) is 0 Å². The predicted molar refractivity (Wildman–Crippen MR) is 45.9 cm³/mol. The molecule has 0 atom stereocenters. The summed E-state index contributed by atoms with van der Waals surface area (Å²) in [6.45, 7) is 0. The molecule has 2 heteroatoms. The highest BCUT2D eigenvalue weighted by molar-refractivity contribution is 14.1. The number of hydrogen-bond acceptors (Lipinski definition) is 1. The lowest BCUT2D eigenvalue weighted by atomic mass is 10.3. The van der Waals surface area contributed by atoms with Gasteiger partial charge in [0.2, 0.25) is 0 Å². The molecule has 1 aromatic heterocycles. The van der Waals surface area contributed by atoms with Crippen LogP contribution in [-0.4, -0.2) is 4.43 Å². The Kier molecular flexibility index (Phi) is 3.11. The molecule has 0 aliphatic carbocycles. The second-order valence-corrected chi connectivity index (χ2v) is 2.95. The minimum atomic E-state index is 1.08. The topological polar surface area (TPSA) is 13.1 Å². The van der Waals surface area contributed by atoms with Crippen LogP contribution >= 0.6 is 22.6 Å². The molecule has 0 unspecified atom stereocenters. The Morgan fingerprint density at radius 3 is 3.00 bits per heavy atom. The molecule has 1 nitrogen and oxygen atoms in total. The molecule has 1 aromatic rings. The molecule has 1 heterocycles. The van der Waals surface area contributed by atoms with E-state index in [4.69, 9.17) is 4.42 Å². The van der Waals surface area contributed by atoms with Crippen LogP contribution in [-0.2, 0) is 6.42 Å². The molecule has 0 fully saturated rings. The Hall–Kier alpha value is 0.01000. The highest BCUT2D eigenvalue weighted by Gasteiger charge is 1.91. The fourth-order valence-corrected chi connectivity index (χ4v) is 1.08. The highest BCUT2D eigenvalue weighted by atomic mass is 127. The summed E-state index contributed by atoms with van der Waals surface area (Å²) in [5.41, 5.74) is 0. The van der Waals surface area contributed by atoms with Gasteiger partial charge in [0.25, 0.3) is 0 Å². The van der Waals surface area contributed by atoms with Crippen molar-refractivity contribution < 1.29 is 4.42 Å². The zero-order valence-corrected chi connectivity index (χ0v) is 7.30. The molecule has 0 aliphatic rings. The van der Waals surface area contributed by atoms with Crippen molar-refractivity contribution in [2.45, 2.75) is 12.8 Å². The third-order valence-corrected chi connectivity index (χ3v) is 1.90. The molecular formula is C7H9IO. The van der Waals surface area contributed by atoms with E-state index in [9.17, 15) is 0 Å². The molecule has 0 radical (unpaired) electrons. The second-order valence-electron chi connectivity index (χ2n) is 1.87. The lowest BCUT2D eigenvalue weighted by molar-refractivity contribution is 0.507. The van der Waals surface area contributed by atoms with Gasteiger partial charge >= 0.3 is 0 Å². The van der Waals surface area contributed by atoms with Gasteiger partial charge in [0.05, 0.1) is 6.26 Å². The van der Waals surface area contributed by atoms with Crippen LogP contribution in [0.2, 0.25) is 0 Å². The van der Waals surface area contributed by atoms with Crippen LogP contribution in [0.3, 0.4) is 0 Å². The van der Waals surface area contributed by atoms with E-state index in [-0.39, 0.29) is 0 Å². The minimum absolute atomic E-state index is 1.08. The van der Waals surface area contributed by atoms with Gasteiger partial charge in [-0.25, -0.2) is 0 Å². The van der Waals surface area contributed by atoms with E-state index >= 15 is 0 Å². The summed E-state index contributed by atoms with van der Waals surface area (Å²) in [6, 6.07) is 3.95. The van der Waals surface area contributed by atoms with Crippen LogP contribution in [0.5, 0.6) is 0 Å². The van der Waals surface area contributed by atoms with Crippen LogP contribution in [0.1, 0.15) is 12.2 Å². The van der Waals surface area contributed by atoms with Crippen molar-refractivity contribution in [1.29, 1.82) is 0 Å². The first-order chi connectivity index (χ1) is 4.43. The van der Waals surface area contributed by atoms with Gasteiger partial charge in [0.15, 0.2) is 0 Å². The Morgan fingerprint density at radius 1 is 1.56 bits per heavy atom. The van der Waals surface area contributed by atoms with Crippen LogP contribution in [0.4, 0.5) is 0 Å². The average molecular weight is 236 g/mol. The summed E-state index contributed by atoms with van der Waals surface area (Å²) in [5, 5.41) is 0. The van der Waals surface area contributed by atoms with Gasteiger partial charge in [-0.2, -0.15) is 0 Å². The van der Waals surface area contributed by atoms with Crippen LogP contribution in [0.15, 0.2) is 22.8 Å². The zero-order valence-electron chi connectivity index (χ0n) is 5.14. The van der Waals surface area contributed by atoms with Gasteiger partial charge in [0.1, 0.15) is 5.76 Å². The molecule has 0 amide bonds. The molecule has 0 N–H and O–H groups in total. The number of hydrogen-bond donors (Lipinski definition) is 0. The fraction of sp³-hybridized carbons (Fsp3) is 0.429. The lowest BCUT2D eigenvalue weighted by Gasteiger charge is -1.89. The van der Waals surface area contributed by atoms with E-state index in [1.807, 2.05) is 12.1 Å². The first-order valence-corrected chi connectivity index (χ1v) is 4.54. The predicted octanol–water partition coefficient (Wildman–Crippen LogP) is 2.65. The largest absolute Gasteiger partial charge is 0.469 e. The van der Waals surface area contributed by atoms with Gasteiger partial charge in [-0.05, 0) is 23.0 Å². The van der Waals surface area contributed by atoms with E-state index in [1.165, 1.54) is 10.8 Å². The van der Waals surface area contributed by atoms with Gasteiger partial charge in [-0.15, -0.1) is 0 Å². The van der Waals surface area contributed by atoms with Crippen molar-refractivity contribution in [3.05, 3.63) is 24.2 Å².